The maximum absolute atomic E-state index is 12.9. The molecule has 2 saturated heterocycles. The van der Waals surface area contributed by atoms with E-state index in [2.05, 4.69) is 24.1 Å². The van der Waals surface area contributed by atoms with Crippen LogP contribution in [0.25, 0.3) is 0 Å². The fourth-order valence-corrected chi connectivity index (χ4v) is 4.36. The van der Waals surface area contributed by atoms with Crippen molar-refractivity contribution in [2.45, 2.75) is 45.6 Å². The molecule has 7 heteroatoms. The lowest BCUT2D eigenvalue weighted by Crippen LogP contribution is -2.44. The number of ether oxygens (including phenoxy) is 1. The fourth-order valence-electron chi connectivity index (χ4n) is 4.36. The van der Waals surface area contributed by atoms with Gasteiger partial charge in [-0.3, -0.25) is 14.5 Å². The van der Waals surface area contributed by atoms with Crippen LogP contribution < -0.4 is 5.32 Å². The number of rotatable bonds is 6. The van der Waals surface area contributed by atoms with Gasteiger partial charge in [-0.2, -0.15) is 0 Å². The van der Waals surface area contributed by atoms with E-state index in [0.717, 1.165) is 36.6 Å². The minimum Gasteiger partial charge on any atom is -0.467 e. The highest BCUT2D eigenvalue weighted by Crippen LogP contribution is 2.24. The summed E-state index contributed by atoms with van der Waals surface area (Å²) in [4.78, 5) is 29.3. The highest BCUT2D eigenvalue weighted by molar-refractivity contribution is 5.97. The van der Waals surface area contributed by atoms with E-state index in [9.17, 15) is 9.59 Å². The van der Waals surface area contributed by atoms with Crippen molar-refractivity contribution < 1.29 is 18.7 Å². The lowest BCUT2D eigenvalue weighted by molar-refractivity contribution is -0.128. The predicted molar refractivity (Wildman–Crippen MR) is 113 cm³/mol. The molecule has 0 spiro atoms. The summed E-state index contributed by atoms with van der Waals surface area (Å²) in [6.07, 6.45) is 2.21. The Morgan fingerprint density at radius 1 is 1.07 bits per heavy atom. The summed E-state index contributed by atoms with van der Waals surface area (Å²) in [6, 6.07) is 11.5. The highest BCUT2D eigenvalue weighted by Gasteiger charge is 2.35. The van der Waals surface area contributed by atoms with E-state index >= 15 is 0 Å². The second-order valence-electron chi connectivity index (χ2n) is 8.35. The molecule has 0 radical (unpaired) electrons. The van der Waals surface area contributed by atoms with E-state index in [1.807, 2.05) is 30.3 Å². The summed E-state index contributed by atoms with van der Waals surface area (Å²) in [5.74, 6) is 0.241. The van der Waals surface area contributed by atoms with Crippen molar-refractivity contribution in [1.82, 2.24) is 9.80 Å². The molecule has 1 aromatic carbocycles. The Morgan fingerprint density at radius 3 is 2.57 bits per heavy atom. The SMILES string of the molecule is CC1CN(Cc2ccccc2NC(=O)C2CC(=O)N(Cc3ccco3)C2)CC(C)O1. The van der Waals surface area contributed by atoms with Crippen LogP contribution in [-0.4, -0.2) is 53.5 Å². The number of morpholine rings is 1. The van der Waals surface area contributed by atoms with Gasteiger partial charge in [-0.15, -0.1) is 0 Å². The van der Waals surface area contributed by atoms with E-state index in [4.69, 9.17) is 9.15 Å². The minimum atomic E-state index is -0.357. The van der Waals surface area contributed by atoms with E-state index in [1.54, 1.807) is 17.2 Å². The van der Waals surface area contributed by atoms with Crippen molar-refractivity contribution in [3.63, 3.8) is 0 Å². The van der Waals surface area contributed by atoms with Crippen molar-refractivity contribution in [2.75, 3.05) is 25.0 Å². The molecule has 30 heavy (non-hydrogen) atoms. The summed E-state index contributed by atoms with van der Waals surface area (Å²) in [5, 5.41) is 3.07. The molecule has 1 aromatic heterocycles. The lowest BCUT2D eigenvalue weighted by Gasteiger charge is -2.35. The van der Waals surface area contributed by atoms with E-state index in [-0.39, 0.29) is 36.4 Å². The minimum absolute atomic E-state index is 0.0175. The predicted octanol–water partition coefficient (Wildman–Crippen LogP) is 2.88. The summed E-state index contributed by atoms with van der Waals surface area (Å²) >= 11 is 0. The quantitative estimate of drug-likeness (QED) is 0.791. The van der Waals surface area contributed by atoms with Crippen LogP contribution in [0, 0.1) is 5.92 Å². The molecule has 4 rings (SSSR count). The van der Waals surface area contributed by atoms with Gasteiger partial charge in [0.25, 0.3) is 0 Å². The average Bonchev–Trinajstić information content (AvgIpc) is 3.33. The van der Waals surface area contributed by atoms with Gasteiger partial charge in [-0.05, 0) is 37.6 Å². The molecule has 3 heterocycles. The number of nitrogens with zero attached hydrogens (tertiary/aromatic N) is 2. The molecule has 2 fully saturated rings. The Kier molecular flexibility index (Phi) is 6.20. The standard InChI is InChI=1S/C23H29N3O4/c1-16-11-25(12-17(2)30-16)13-18-6-3-4-8-21(18)24-23(28)19-10-22(27)26(14-19)15-20-7-5-9-29-20/h3-9,16-17,19H,10-15H2,1-2H3,(H,24,28). The highest BCUT2D eigenvalue weighted by atomic mass is 16.5. The number of hydrogen-bond donors (Lipinski definition) is 1. The molecule has 1 N–H and O–H groups in total. The van der Waals surface area contributed by atoms with Gasteiger partial charge in [-0.1, -0.05) is 18.2 Å². The van der Waals surface area contributed by atoms with Crippen LogP contribution in [0.1, 0.15) is 31.6 Å². The maximum atomic E-state index is 12.9. The number of nitrogens with one attached hydrogen (secondary N) is 1. The fraction of sp³-hybridized carbons (Fsp3) is 0.478. The summed E-state index contributed by atoms with van der Waals surface area (Å²) in [6.45, 7) is 7.47. The van der Waals surface area contributed by atoms with Gasteiger partial charge in [0.2, 0.25) is 11.8 Å². The second kappa shape index (κ2) is 9.02. The number of para-hydroxylation sites is 1. The zero-order valence-corrected chi connectivity index (χ0v) is 17.5. The number of benzene rings is 1. The summed E-state index contributed by atoms with van der Waals surface area (Å²) < 4.78 is 11.1. The van der Waals surface area contributed by atoms with Crippen molar-refractivity contribution in [1.29, 1.82) is 0 Å². The van der Waals surface area contributed by atoms with Gasteiger partial charge in [0.15, 0.2) is 0 Å². The van der Waals surface area contributed by atoms with Crippen molar-refractivity contribution >= 4 is 17.5 Å². The molecular weight excluding hydrogens is 382 g/mol. The largest absolute Gasteiger partial charge is 0.467 e. The first-order valence-electron chi connectivity index (χ1n) is 10.5. The Balaban J connectivity index is 1.38. The van der Waals surface area contributed by atoms with E-state index < -0.39 is 0 Å². The number of carbonyl (C=O) groups excluding carboxylic acids is 2. The first kappa shape index (κ1) is 20.6. The number of hydrogen-bond acceptors (Lipinski definition) is 5. The van der Waals surface area contributed by atoms with Crippen LogP contribution in [0.3, 0.4) is 0 Å². The van der Waals surface area contributed by atoms with E-state index in [1.165, 1.54) is 0 Å². The van der Waals surface area contributed by atoms with Crippen molar-refractivity contribution in [3.8, 4) is 0 Å². The van der Waals surface area contributed by atoms with Crippen LogP contribution >= 0.6 is 0 Å². The first-order chi connectivity index (χ1) is 14.5. The Labute approximate surface area is 177 Å². The van der Waals surface area contributed by atoms with Crippen LogP contribution in [0.15, 0.2) is 47.1 Å². The third kappa shape index (κ3) is 4.91. The van der Waals surface area contributed by atoms with Crippen LogP contribution in [0.2, 0.25) is 0 Å². The molecular formula is C23H29N3O4. The molecule has 2 aliphatic rings. The zero-order valence-electron chi connectivity index (χ0n) is 17.5. The molecule has 3 atom stereocenters. The monoisotopic (exact) mass is 411 g/mol. The summed E-state index contributed by atoms with van der Waals surface area (Å²) in [5.41, 5.74) is 1.88. The normalized spacial score (nSPS) is 24.9. The number of anilines is 1. The molecule has 0 bridgehead atoms. The third-order valence-electron chi connectivity index (χ3n) is 5.68. The Bertz CT molecular complexity index is 872. The number of likely N-dealkylation sites (tertiary alicyclic amines) is 1. The number of carbonyl (C=O) groups is 2. The molecule has 2 amide bonds. The van der Waals surface area contributed by atoms with Crippen LogP contribution in [0.4, 0.5) is 5.69 Å². The number of furan rings is 1. The van der Waals surface area contributed by atoms with Crippen molar-refractivity contribution in [2.24, 2.45) is 5.92 Å². The molecule has 3 unspecified atom stereocenters. The lowest BCUT2D eigenvalue weighted by atomic mass is 10.1. The number of amides is 2. The summed E-state index contributed by atoms with van der Waals surface area (Å²) in [7, 11) is 0. The molecule has 160 valence electrons. The van der Waals surface area contributed by atoms with Gasteiger partial charge in [0, 0.05) is 38.3 Å². The van der Waals surface area contributed by atoms with E-state index in [0.29, 0.717) is 13.1 Å². The third-order valence-corrected chi connectivity index (χ3v) is 5.68. The van der Waals surface area contributed by atoms with Gasteiger partial charge in [0.1, 0.15) is 5.76 Å². The van der Waals surface area contributed by atoms with Crippen molar-refractivity contribution in [3.05, 3.63) is 54.0 Å². The smallest absolute Gasteiger partial charge is 0.229 e. The van der Waals surface area contributed by atoms with Crippen LogP contribution in [-0.2, 0) is 27.4 Å². The Hall–Kier alpha value is -2.64. The molecule has 2 aromatic rings. The van der Waals surface area contributed by atoms with Gasteiger partial charge in [0.05, 0.1) is 30.9 Å². The van der Waals surface area contributed by atoms with Gasteiger partial charge < -0.3 is 19.4 Å². The van der Waals surface area contributed by atoms with Gasteiger partial charge in [-0.25, -0.2) is 0 Å². The maximum Gasteiger partial charge on any atom is 0.229 e. The molecule has 7 nitrogen and oxygen atoms in total. The topological polar surface area (TPSA) is 75.0 Å². The average molecular weight is 412 g/mol. The van der Waals surface area contributed by atoms with Gasteiger partial charge >= 0.3 is 0 Å². The molecule has 2 aliphatic heterocycles. The Morgan fingerprint density at radius 2 is 1.83 bits per heavy atom. The second-order valence-corrected chi connectivity index (χ2v) is 8.35. The first-order valence-corrected chi connectivity index (χ1v) is 10.5. The molecule has 0 saturated carbocycles. The molecule has 0 aliphatic carbocycles. The zero-order chi connectivity index (χ0) is 21.1. The van der Waals surface area contributed by atoms with Crippen LogP contribution in [0.5, 0.6) is 0 Å².